The van der Waals surface area contributed by atoms with Gasteiger partial charge in [-0.05, 0) is 71.0 Å². The van der Waals surface area contributed by atoms with Crippen LogP contribution in [0.5, 0.6) is 0 Å². The maximum absolute atomic E-state index is 12.1. The second kappa shape index (κ2) is 10.9. The Morgan fingerprint density at radius 3 is 2.39 bits per heavy atom. The van der Waals surface area contributed by atoms with Crippen LogP contribution in [0.2, 0.25) is 0 Å². The van der Waals surface area contributed by atoms with Crippen molar-refractivity contribution in [2.75, 3.05) is 12.4 Å². The third-order valence-corrected chi connectivity index (χ3v) is 5.64. The molecule has 0 aliphatic heterocycles. The van der Waals surface area contributed by atoms with Crippen molar-refractivity contribution in [3.05, 3.63) is 70.3 Å². The second-order valence-electron chi connectivity index (χ2n) is 7.44. The first-order valence-corrected chi connectivity index (χ1v) is 11.5. The zero-order valence-electron chi connectivity index (χ0n) is 19.4. The van der Waals surface area contributed by atoms with E-state index in [9.17, 15) is 9.59 Å². The van der Waals surface area contributed by atoms with Gasteiger partial charge < -0.3 is 9.30 Å². The van der Waals surface area contributed by atoms with Crippen LogP contribution >= 0.6 is 11.8 Å². The fourth-order valence-corrected chi connectivity index (χ4v) is 4.11. The van der Waals surface area contributed by atoms with Gasteiger partial charge in [0, 0.05) is 34.0 Å². The minimum absolute atomic E-state index is 0.173. The van der Waals surface area contributed by atoms with Crippen LogP contribution in [0.3, 0.4) is 0 Å². The molecule has 0 bridgehead atoms. The summed E-state index contributed by atoms with van der Waals surface area (Å²) in [5.74, 6) is -0.398. The SMILES string of the molecule is CCOC(=O)c1ccc(-n2c(C)cc(C=NNC(=O)CSc3nc(C)cc(C)n3)c2C)cc1. The maximum atomic E-state index is 12.1. The van der Waals surface area contributed by atoms with Gasteiger partial charge in [0.05, 0.1) is 24.1 Å². The van der Waals surface area contributed by atoms with Crippen LogP contribution in [0.1, 0.15) is 45.6 Å². The first kappa shape index (κ1) is 24.2. The predicted molar refractivity (Wildman–Crippen MR) is 129 cm³/mol. The summed E-state index contributed by atoms with van der Waals surface area (Å²) in [6, 6.07) is 11.1. The van der Waals surface area contributed by atoms with E-state index in [0.29, 0.717) is 17.3 Å². The summed E-state index contributed by atoms with van der Waals surface area (Å²) < 4.78 is 7.10. The van der Waals surface area contributed by atoms with E-state index in [0.717, 1.165) is 34.0 Å². The molecule has 0 fully saturated rings. The van der Waals surface area contributed by atoms with Gasteiger partial charge in [-0.2, -0.15) is 5.10 Å². The Morgan fingerprint density at radius 1 is 1.09 bits per heavy atom. The maximum Gasteiger partial charge on any atom is 0.338 e. The molecule has 3 aromatic rings. The summed E-state index contributed by atoms with van der Waals surface area (Å²) in [4.78, 5) is 32.6. The van der Waals surface area contributed by atoms with Crippen molar-refractivity contribution in [3.63, 3.8) is 0 Å². The highest BCUT2D eigenvalue weighted by molar-refractivity contribution is 7.99. The summed E-state index contributed by atoms with van der Waals surface area (Å²) in [6.07, 6.45) is 1.63. The third-order valence-electron chi connectivity index (χ3n) is 4.79. The van der Waals surface area contributed by atoms with Gasteiger partial charge in [0.25, 0.3) is 5.91 Å². The zero-order valence-corrected chi connectivity index (χ0v) is 20.2. The summed E-state index contributed by atoms with van der Waals surface area (Å²) in [7, 11) is 0. The predicted octanol–water partition coefficient (Wildman–Crippen LogP) is 3.92. The standard InChI is InChI=1S/C24H27N5O3S/c1-6-32-23(31)19-7-9-21(10-8-19)29-17(4)12-20(18(29)5)13-25-28-22(30)14-33-24-26-15(2)11-16(3)27-24/h7-13H,6,14H2,1-5H3,(H,28,30). The van der Waals surface area contributed by atoms with Gasteiger partial charge in [0.1, 0.15) is 0 Å². The number of ether oxygens (including phenoxy) is 1. The fourth-order valence-electron chi connectivity index (χ4n) is 3.37. The lowest BCUT2D eigenvalue weighted by molar-refractivity contribution is -0.118. The van der Waals surface area contributed by atoms with Crippen LogP contribution in [-0.4, -0.2) is 45.0 Å². The molecule has 8 nitrogen and oxygen atoms in total. The van der Waals surface area contributed by atoms with Gasteiger partial charge in [-0.1, -0.05) is 11.8 Å². The molecule has 2 aromatic heterocycles. The number of nitrogens with zero attached hydrogens (tertiary/aromatic N) is 4. The van der Waals surface area contributed by atoms with Crippen molar-refractivity contribution in [2.45, 2.75) is 39.8 Å². The highest BCUT2D eigenvalue weighted by atomic mass is 32.2. The molecule has 2 heterocycles. The highest BCUT2D eigenvalue weighted by Gasteiger charge is 2.12. The van der Waals surface area contributed by atoms with E-state index in [-0.39, 0.29) is 17.6 Å². The van der Waals surface area contributed by atoms with Crippen molar-refractivity contribution in [1.82, 2.24) is 20.0 Å². The number of esters is 1. The van der Waals surface area contributed by atoms with E-state index in [1.807, 2.05) is 52.0 Å². The van der Waals surface area contributed by atoms with Crippen molar-refractivity contribution in [3.8, 4) is 5.69 Å². The number of amides is 1. The third kappa shape index (κ3) is 6.29. The zero-order chi connectivity index (χ0) is 24.0. The lowest BCUT2D eigenvalue weighted by atomic mass is 10.2. The molecule has 1 N–H and O–H groups in total. The summed E-state index contributed by atoms with van der Waals surface area (Å²) in [5, 5.41) is 4.68. The van der Waals surface area contributed by atoms with Gasteiger partial charge in [0.15, 0.2) is 5.16 Å². The minimum atomic E-state index is -0.337. The van der Waals surface area contributed by atoms with E-state index in [1.54, 1.807) is 25.3 Å². The normalized spacial score (nSPS) is 11.1. The molecule has 0 radical (unpaired) electrons. The number of benzene rings is 1. The van der Waals surface area contributed by atoms with Crippen molar-refractivity contribution >= 4 is 29.9 Å². The Morgan fingerprint density at radius 2 is 1.76 bits per heavy atom. The minimum Gasteiger partial charge on any atom is -0.462 e. The van der Waals surface area contributed by atoms with Crippen LogP contribution in [-0.2, 0) is 9.53 Å². The van der Waals surface area contributed by atoms with E-state index in [4.69, 9.17) is 4.74 Å². The molecule has 1 amide bonds. The summed E-state index contributed by atoms with van der Waals surface area (Å²) in [5.41, 5.74) is 8.58. The molecule has 0 spiro atoms. The van der Waals surface area contributed by atoms with Gasteiger partial charge in [-0.3, -0.25) is 4.79 Å². The number of carbonyl (C=O) groups is 2. The molecule has 0 saturated carbocycles. The Labute approximate surface area is 197 Å². The Bertz CT molecular complexity index is 1170. The number of hydrazone groups is 1. The average Bonchev–Trinajstić information content (AvgIpc) is 3.05. The van der Waals surface area contributed by atoms with E-state index < -0.39 is 0 Å². The lowest BCUT2D eigenvalue weighted by Gasteiger charge is -2.10. The molecular formula is C24H27N5O3S. The lowest BCUT2D eigenvalue weighted by Crippen LogP contribution is -2.19. The Balaban J connectivity index is 1.63. The van der Waals surface area contributed by atoms with Crippen LogP contribution in [0.15, 0.2) is 46.7 Å². The monoisotopic (exact) mass is 465 g/mol. The molecule has 0 aliphatic carbocycles. The number of rotatable bonds is 8. The van der Waals surface area contributed by atoms with Crippen LogP contribution in [0.25, 0.3) is 5.69 Å². The molecule has 3 rings (SSSR count). The molecule has 33 heavy (non-hydrogen) atoms. The van der Waals surface area contributed by atoms with Crippen LogP contribution in [0.4, 0.5) is 0 Å². The Hall–Kier alpha value is -3.46. The molecule has 9 heteroatoms. The molecule has 0 unspecified atom stereocenters. The summed E-state index contributed by atoms with van der Waals surface area (Å²) >= 11 is 1.27. The smallest absolute Gasteiger partial charge is 0.338 e. The van der Waals surface area contributed by atoms with Crippen molar-refractivity contribution < 1.29 is 14.3 Å². The number of hydrogen-bond acceptors (Lipinski definition) is 7. The van der Waals surface area contributed by atoms with E-state index in [1.165, 1.54) is 11.8 Å². The molecule has 1 aromatic carbocycles. The summed E-state index contributed by atoms with van der Waals surface area (Å²) in [6.45, 7) is 9.88. The second-order valence-corrected chi connectivity index (χ2v) is 8.39. The van der Waals surface area contributed by atoms with Gasteiger partial charge >= 0.3 is 5.97 Å². The highest BCUT2D eigenvalue weighted by Crippen LogP contribution is 2.20. The number of thioether (sulfide) groups is 1. The largest absolute Gasteiger partial charge is 0.462 e. The average molecular weight is 466 g/mol. The molecule has 172 valence electrons. The van der Waals surface area contributed by atoms with Crippen LogP contribution < -0.4 is 5.43 Å². The number of carbonyl (C=O) groups excluding carboxylic acids is 2. The first-order chi connectivity index (χ1) is 15.8. The molecule has 0 saturated heterocycles. The number of aryl methyl sites for hydroxylation is 3. The number of aromatic nitrogens is 3. The van der Waals surface area contributed by atoms with Crippen molar-refractivity contribution in [2.24, 2.45) is 5.10 Å². The number of hydrogen-bond donors (Lipinski definition) is 1. The van der Waals surface area contributed by atoms with Gasteiger partial charge in [-0.15, -0.1) is 0 Å². The van der Waals surface area contributed by atoms with Gasteiger partial charge in [-0.25, -0.2) is 20.2 Å². The van der Waals surface area contributed by atoms with Gasteiger partial charge in [0.2, 0.25) is 0 Å². The van der Waals surface area contributed by atoms with E-state index in [2.05, 4.69) is 25.1 Å². The quantitative estimate of drug-likeness (QED) is 0.178. The Kier molecular flexibility index (Phi) is 8.00. The molecule has 0 aliphatic rings. The fraction of sp³-hybridized carbons (Fsp3) is 0.292. The van der Waals surface area contributed by atoms with Crippen LogP contribution in [0, 0.1) is 27.7 Å². The molecule has 0 atom stereocenters. The molecular weight excluding hydrogens is 438 g/mol. The number of nitrogens with one attached hydrogen (secondary N) is 1. The first-order valence-electron chi connectivity index (χ1n) is 10.5. The van der Waals surface area contributed by atoms with E-state index >= 15 is 0 Å². The van der Waals surface area contributed by atoms with Crippen molar-refractivity contribution in [1.29, 1.82) is 0 Å². The topological polar surface area (TPSA) is 98.5 Å².